The molecule has 0 bridgehead atoms. The Balaban J connectivity index is 2.23. The molecule has 0 aliphatic rings. The first-order valence-corrected chi connectivity index (χ1v) is 13.4. The van der Waals surface area contributed by atoms with Crippen molar-refractivity contribution < 1.29 is 4.43 Å². The van der Waals surface area contributed by atoms with Crippen LogP contribution in [0.3, 0.4) is 0 Å². The van der Waals surface area contributed by atoms with Gasteiger partial charge in [0.2, 0.25) is 0 Å². The standard InChI is InChI=1S/C20H27BrCl2N2OSi/c1-4-27(5-2,6-3)26-19(20-17(22)12-25-13-18(20)23)14-24-11-15-9-7-8-10-16(15)21/h7-10,12-13,19,24H,4-6,11,14H2,1-3H3. The van der Waals surface area contributed by atoms with Crippen LogP contribution in [0.25, 0.3) is 0 Å². The predicted molar refractivity (Wildman–Crippen MR) is 121 cm³/mol. The van der Waals surface area contributed by atoms with Crippen molar-refractivity contribution in [2.45, 2.75) is 51.6 Å². The second-order valence-corrected chi connectivity index (χ2v) is 13.0. The lowest BCUT2D eigenvalue weighted by atomic mass is 10.1. The largest absolute Gasteiger partial charge is 0.409 e. The van der Waals surface area contributed by atoms with Crippen molar-refractivity contribution in [1.82, 2.24) is 10.3 Å². The Morgan fingerprint density at radius 3 is 2.22 bits per heavy atom. The van der Waals surface area contributed by atoms with Gasteiger partial charge in [-0.3, -0.25) is 4.98 Å². The molecule has 3 nitrogen and oxygen atoms in total. The first-order valence-electron chi connectivity index (χ1n) is 9.37. The minimum Gasteiger partial charge on any atom is -0.409 e. The summed E-state index contributed by atoms with van der Waals surface area (Å²) in [6.07, 6.45) is 3.09. The average molecular weight is 490 g/mol. The third kappa shape index (κ3) is 6.02. The fourth-order valence-corrected chi connectivity index (χ4v) is 7.05. The molecule has 0 aliphatic heterocycles. The van der Waals surface area contributed by atoms with Crippen molar-refractivity contribution in [3.8, 4) is 0 Å². The van der Waals surface area contributed by atoms with Gasteiger partial charge in [0.05, 0.1) is 16.1 Å². The molecule has 7 heteroatoms. The normalized spacial score (nSPS) is 13.0. The summed E-state index contributed by atoms with van der Waals surface area (Å²) in [4.78, 5) is 4.09. The molecule has 27 heavy (non-hydrogen) atoms. The molecule has 0 spiro atoms. The van der Waals surface area contributed by atoms with Crippen LogP contribution in [0, 0.1) is 0 Å². The van der Waals surface area contributed by atoms with Gasteiger partial charge in [-0.15, -0.1) is 0 Å². The number of halogens is 3. The van der Waals surface area contributed by atoms with Crippen LogP contribution in [0.5, 0.6) is 0 Å². The summed E-state index contributed by atoms with van der Waals surface area (Å²) in [5, 5.41) is 4.63. The lowest BCUT2D eigenvalue weighted by Crippen LogP contribution is -2.40. The first kappa shape index (κ1) is 22.9. The Labute approximate surface area is 182 Å². The van der Waals surface area contributed by atoms with Gasteiger partial charge >= 0.3 is 0 Å². The van der Waals surface area contributed by atoms with Gasteiger partial charge in [-0.1, -0.05) is 78.1 Å². The first-order chi connectivity index (χ1) is 13.0. The topological polar surface area (TPSA) is 34.1 Å². The quantitative estimate of drug-likeness (QED) is 0.364. The van der Waals surface area contributed by atoms with Crippen molar-refractivity contribution in [2.24, 2.45) is 0 Å². The van der Waals surface area contributed by atoms with Crippen LogP contribution in [0.4, 0.5) is 0 Å². The molecule has 0 saturated carbocycles. The van der Waals surface area contributed by atoms with Crippen molar-refractivity contribution >= 4 is 47.4 Å². The molecule has 0 fully saturated rings. The van der Waals surface area contributed by atoms with Crippen LogP contribution in [-0.4, -0.2) is 19.8 Å². The summed E-state index contributed by atoms with van der Waals surface area (Å²) in [5.74, 6) is 0. The summed E-state index contributed by atoms with van der Waals surface area (Å²) in [6, 6.07) is 11.4. The maximum Gasteiger partial charge on any atom is 0.192 e. The van der Waals surface area contributed by atoms with Gasteiger partial charge in [-0.25, -0.2) is 0 Å². The highest BCUT2D eigenvalue weighted by atomic mass is 79.9. The van der Waals surface area contributed by atoms with Crippen LogP contribution in [0.2, 0.25) is 28.2 Å². The van der Waals surface area contributed by atoms with E-state index in [-0.39, 0.29) is 6.10 Å². The fraction of sp³-hybridized carbons (Fsp3) is 0.450. The molecule has 2 rings (SSSR count). The van der Waals surface area contributed by atoms with Crippen molar-refractivity contribution in [3.63, 3.8) is 0 Å². The molecular formula is C20H27BrCl2N2OSi. The van der Waals surface area contributed by atoms with Crippen molar-refractivity contribution in [1.29, 1.82) is 0 Å². The Bertz CT molecular complexity index is 715. The highest BCUT2D eigenvalue weighted by Gasteiger charge is 2.34. The molecule has 1 N–H and O–H groups in total. The van der Waals surface area contributed by atoms with Crippen molar-refractivity contribution in [2.75, 3.05) is 6.54 Å². The molecule has 2 aromatic rings. The average Bonchev–Trinajstić information content (AvgIpc) is 2.67. The number of nitrogens with one attached hydrogen (secondary N) is 1. The summed E-state index contributed by atoms with van der Waals surface area (Å²) in [6.45, 7) is 8.04. The number of rotatable bonds is 10. The molecule has 0 amide bonds. The molecule has 0 saturated heterocycles. The van der Waals surface area contributed by atoms with Gasteiger partial charge in [0.25, 0.3) is 0 Å². The zero-order chi connectivity index (χ0) is 19.9. The van der Waals surface area contributed by atoms with E-state index in [4.69, 9.17) is 27.6 Å². The van der Waals surface area contributed by atoms with E-state index < -0.39 is 8.32 Å². The maximum atomic E-state index is 6.77. The number of hydrogen-bond donors (Lipinski definition) is 1. The third-order valence-electron chi connectivity index (χ3n) is 5.14. The maximum absolute atomic E-state index is 6.77. The number of benzene rings is 1. The zero-order valence-corrected chi connectivity index (χ0v) is 20.2. The van der Waals surface area contributed by atoms with E-state index in [1.807, 2.05) is 18.2 Å². The van der Waals surface area contributed by atoms with Gasteiger partial charge in [0, 0.05) is 35.5 Å². The van der Waals surface area contributed by atoms with Gasteiger partial charge in [0.1, 0.15) is 0 Å². The van der Waals surface area contributed by atoms with Crippen LogP contribution in [0.1, 0.15) is 38.0 Å². The summed E-state index contributed by atoms with van der Waals surface area (Å²) < 4.78 is 7.86. The fourth-order valence-electron chi connectivity index (χ4n) is 3.21. The smallest absolute Gasteiger partial charge is 0.192 e. The highest BCUT2D eigenvalue weighted by Crippen LogP contribution is 2.36. The highest BCUT2D eigenvalue weighted by molar-refractivity contribution is 9.10. The van der Waals surface area contributed by atoms with Crippen LogP contribution >= 0.6 is 39.1 Å². The van der Waals surface area contributed by atoms with E-state index in [0.29, 0.717) is 16.6 Å². The van der Waals surface area contributed by atoms with Crippen LogP contribution < -0.4 is 5.32 Å². The molecular weight excluding hydrogens is 463 g/mol. The van der Waals surface area contributed by atoms with Crippen LogP contribution in [-0.2, 0) is 11.0 Å². The third-order valence-corrected chi connectivity index (χ3v) is 11.2. The van der Waals surface area contributed by atoms with Gasteiger partial charge in [0.15, 0.2) is 8.32 Å². The Morgan fingerprint density at radius 2 is 1.67 bits per heavy atom. The predicted octanol–water partition coefficient (Wildman–Crippen LogP) is 7.00. The minimum atomic E-state index is -1.84. The Kier molecular flexibility index (Phi) is 9.25. The van der Waals surface area contributed by atoms with E-state index in [1.54, 1.807) is 12.4 Å². The molecule has 1 atom stereocenters. The van der Waals surface area contributed by atoms with E-state index in [9.17, 15) is 0 Å². The number of aromatic nitrogens is 1. The van der Waals surface area contributed by atoms with Gasteiger partial charge in [-0.2, -0.15) is 0 Å². The molecule has 1 aromatic carbocycles. The molecule has 148 valence electrons. The monoisotopic (exact) mass is 488 g/mol. The SMILES string of the molecule is CC[Si](CC)(CC)OC(CNCc1ccccc1Br)c1c(Cl)cncc1Cl. The van der Waals surface area contributed by atoms with E-state index >= 15 is 0 Å². The van der Waals surface area contributed by atoms with Gasteiger partial charge in [-0.05, 0) is 29.8 Å². The van der Waals surface area contributed by atoms with E-state index in [0.717, 1.165) is 34.7 Å². The second-order valence-electron chi connectivity index (χ2n) is 6.59. The minimum absolute atomic E-state index is 0.193. The molecule has 0 aliphatic carbocycles. The number of hydrogen-bond acceptors (Lipinski definition) is 3. The Hall–Kier alpha value is -0.433. The number of nitrogens with zero attached hydrogens (tertiary/aromatic N) is 1. The van der Waals surface area contributed by atoms with Crippen molar-refractivity contribution in [3.05, 3.63) is 62.3 Å². The zero-order valence-electron chi connectivity index (χ0n) is 16.1. The summed E-state index contributed by atoms with van der Waals surface area (Å²) >= 11 is 16.5. The van der Waals surface area contributed by atoms with E-state index in [2.05, 4.69) is 53.1 Å². The number of pyridine rings is 1. The van der Waals surface area contributed by atoms with Gasteiger partial charge < -0.3 is 9.74 Å². The summed E-state index contributed by atoms with van der Waals surface area (Å²) in [5.41, 5.74) is 2.04. The molecule has 1 aromatic heterocycles. The molecule has 1 heterocycles. The Morgan fingerprint density at radius 1 is 1.07 bits per heavy atom. The lowest BCUT2D eigenvalue weighted by Gasteiger charge is -2.34. The lowest BCUT2D eigenvalue weighted by molar-refractivity contribution is 0.186. The molecule has 0 radical (unpaired) electrons. The van der Waals surface area contributed by atoms with E-state index in [1.165, 1.54) is 5.56 Å². The second kappa shape index (κ2) is 10.9. The molecule has 1 unspecified atom stereocenters. The van der Waals surface area contributed by atoms with Crippen LogP contribution in [0.15, 0.2) is 41.1 Å². The summed E-state index contributed by atoms with van der Waals surface area (Å²) in [7, 11) is -1.84.